The van der Waals surface area contributed by atoms with Gasteiger partial charge in [0.2, 0.25) is 0 Å². The summed E-state index contributed by atoms with van der Waals surface area (Å²) in [7, 11) is 0. The minimum Gasteiger partial charge on any atom is -0.342 e. The molecule has 0 aliphatic heterocycles. The van der Waals surface area contributed by atoms with Crippen molar-refractivity contribution >= 4 is 0 Å². The third-order valence-electron chi connectivity index (χ3n) is 2.93. The van der Waals surface area contributed by atoms with Crippen molar-refractivity contribution in [1.82, 2.24) is 0 Å². The molecule has 0 aromatic carbocycles. The van der Waals surface area contributed by atoms with Gasteiger partial charge in [0.25, 0.3) is 0 Å². The van der Waals surface area contributed by atoms with Gasteiger partial charge < -0.3 is 13.8 Å². The van der Waals surface area contributed by atoms with Gasteiger partial charge in [-0.1, -0.05) is 19.3 Å². The molecule has 3 saturated carbocycles. The van der Waals surface area contributed by atoms with Gasteiger partial charge in [-0.05, 0) is 64.2 Å². The minimum absolute atomic E-state index is 0. The van der Waals surface area contributed by atoms with Crippen LogP contribution in [0.2, 0.25) is 0 Å². The van der Waals surface area contributed by atoms with Gasteiger partial charge in [-0.15, -0.1) is 0 Å². The first-order chi connectivity index (χ1) is 8.30. The molecule has 3 aliphatic carbocycles. The van der Waals surface area contributed by atoms with Gasteiger partial charge in [0.1, 0.15) is 0 Å². The van der Waals surface area contributed by atoms with E-state index in [1.807, 2.05) is 64.2 Å². The molecular weight excluding hydrogens is 295 g/mol. The normalized spacial score (nSPS) is 29.7. The van der Waals surface area contributed by atoms with Crippen molar-refractivity contribution in [2.45, 2.75) is 19.3 Å². The molecule has 3 fully saturated rings. The predicted molar refractivity (Wildman–Crippen MR) is 74.5 cm³/mol. The van der Waals surface area contributed by atoms with Crippen LogP contribution in [0.5, 0.6) is 0 Å². The van der Waals surface area contributed by atoms with Crippen molar-refractivity contribution < 1.29 is 26.2 Å². The molecule has 0 spiro atoms. The maximum atomic E-state index is 3.96. The topological polar surface area (TPSA) is 0 Å². The van der Waals surface area contributed by atoms with E-state index in [1.165, 1.54) is 19.3 Å². The Morgan fingerprint density at radius 3 is 0.889 bits per heavy atom. The second-order valence-corrected chi connectivity index (χ2v) is 4.38. The first-order valence-electron chi connectivity index (χ1n) is 6.30. The van der Waals surface area contributed by atoms with Crippen molar-refractivity contribution in [1.29, 1.82) is 0 Å². The van der Waals surface area contributed by atoms with Crippen LogP contribution < -0.4 is 0 Å². The first kappa shape index (κ1) is 18.9. The zero-order valence-corrected chi connectivity index (χ0v) is 13.4. The summed E-state index contributed by atoms with van der Waals surface area (Å²) >= 11 is 0. The maximum absolute atomic E-state index is 3.96. The van der Waals surface area contributed by atoms with Gasteiger partial charge in [0.05, 0.1) is 0 Å². The molecule has 3 rings (SSSR count). The van der Waals surface area contributed by atoms with Gasteiger partial charge in [0.15, 0.2) is 0 Å². The second-order valence-electron chi connectivity index (χ2n) is 4.38. The predicted octanol–water partition coefficient (Wildman–Crippen LogP) is 4.11. The molecule has 0 saturated heterocycles. The van der Waals surface area contributed by atoms with E-state index in [-0.39, 0.29) is 26.2 Å². The van der Waals surface area contributed by atoms with Crippen molar-refractivity contribution in [2.75, 3.05) is 0 Å². The standard InChI is InChI=1S/C7H12.2C5H5.Zr/c1-6-4-3-5-7(6)2;2*1-2-4-5-3-1;/h6-7H,1-5H2;2*1-5H;/q-2;;;+2/t6-,7-;;;/m1.../s1. The fourth-order valence-electron chi connectivity index (χ4n) is 1.76. The second kappa shape index (κ2) is 12.9. The molecule has 0 amide bonds. The van der Waals surface area contributed by atoms with E-state index in [0.29, 0.717) is 11.8 Å². The van der Waals surface area contributed by atoms with Crippen LogP contribution in [0.4, 0.5) is 0 Å². The summed E-state index contributed by atoms with van der Waals surface area (Å²) < 4.78 is 0. The van der Waals surface area contributed by atoms with Crippen molar-refractivity contribution in [3.05, 3.63) is 78.1 Å². The van der Waals surface area contributed by atoms with Crippen LogP contribution in [0, 0.1) is 89.9 Å². The van der Waals surface area contributed by atoms with Crippen LogP contribution in [0.25, 0.3) is 0 Å². The van der Waals surface area contributed by atoms with Gasteiger partial charge in [-0.2, -0.15) is 11.8 Å². The Bertz CT molecular complexity index is 126. The monoisotopic (exact) mass is 316 g/mol. The van der Waals surface area contributed by atoms with Crippen LogP contribution in [-0.2, 0) is 26.2 Å². The molecule has 1 heteroatoms. The van der Waals surface area contributed by atoms with E-state index >= 15 is 0 Å². The Morgan fingerprint density at radius 2 is 0.778 bits per heavy atom. The fourth-order valence-corrected chi connectivity index (χ4v) is 1.76. The zero-order valence-electron chi connectivity index (χ0n) is 11.0. The SMILES string of the molecule is [CH2-][C@@H]1CCC[C@H]1[CH2-].[CH]1[CH][CH][CH][CH]1.[CH]1[CH][CH][CH][CH]1.[Zr+2]. The molecule has 0 aromatic heterocycles. The molecule has 0 bridgehead atoms. The van der Waals surface area contributed by atoms with E-state index in [4.69, 9.17) is 0 Å². The van der Waals surface area contributed by atoms with Crippen LogP contribution in [0.3, 0.4) is 0 Å². The summed E-state index contributed by atoms with van der Waals surface area (Å²) in [6.45, 7) is 7.91. The molecule has 2 atom stereocenters. The smallest absolute Gasteiger partial charge is 0.342 e. The van der Waals surface area contributed by atoms with Gasteiger partial charge in [-0.3, -0.25) is 0 Å². The molecule has 0 aromatic rings. The average Bonchev–Trinajstić information content (AvgIpc) is 3.05. The van der Waals surface area contributed by atoms with E-state index in [0.717, 1.165) is 0 Å². The summed E-state index contributed by atoms with van der Waals surface area (Å²) in [5.41, 5.74) is 0. The molecule has 0 N–H and O–H groups in total. The van der Waals surface area contributed by atoms with Gasteiger partial charge in [-0.25, -0.2) is 0 Å². The van der Waals surface area contributed by atoms with Crippen molar-refractivity contribution in [2.24, 2.45) is 11.8 Å². The Morgan fingerprint density at radius 1 is 0.556 bits per heavy atom. The summed E-state index contributed by atoms with van der Waals surface area (Å²) in [5.74, 6) is 1.31. The average molecular weight is 318 g/mol. The fraction of sp³-hybridized carbons (Fsp3) is 0.294. The number of rotatable bonds is 0. The largest absolute Gasteiger partial charge is 2.00 e. The molecule has 18 heavy (non-hydrogen) atoms. The number of hydrogen-bond acceptors (Lipinski definition) is 0. The zero-order chi connectivity index (χ0) is 12.3. The van der Waals surface area contributed by atoms with Crippen LogP contribution in [0.1, 0.15) is 19.3 Å². The van der Waals surface area contributed by atoms with Crippen molar-refractivity contribution in [3.8, 4) is 0 Å². The Labute approximate surface area is 135 Å². The van der Waals surface area contributed by atoms with Gasteiger partial charge >= 0.3 is 26.2 Å². The molecule has 0 heterocycles. The molecule has 0 nitrogen and oxygen atoms in total. The van der Waals surface area contributed by atoms with Crippen LogP contribution in [-0.4, -0.2) is 0 Å². The number of hydrogen-bond donors (Lipinski definition) is 0. The molecule has 0 unspecified atom stereocenters. The molecular formula is C17H22Zr. The van der Waals surface area contributed by atoms with Crippen LogP contribution >= 0.6 is 0 Å². The van der Waals surface area contributed by atoms with E-state index in [1.54, 1.807) is 0 Å². The molecule has 3 aliphatic rings. The third kappa shape index (κ3) is 9.77. The molecule has 94 valence electrons. The van der Waals surface area contributed by atoms with Gasteiger partial charge in [0, 0.05) is 0 Å². The quantitative estimate of drug-likeness (QED) is 0.590. The summed E-state index contributed by atoms with van der Waals surface area (Å²) in [5, 5.41) is 0. The Kier molecular flexibility index (Phi) is 13.5. The first-order valence-corrected chi connectivity index (χ1v) is 6.30. The summed E-state index contributed by atoms with van der Waals surface area (Å²) in [4.78, 5) is 0. The minimum atomic E-state index is 0. The van der Waals surface area contributed by atoms with E-state index in [9.17, 15) is 0 Å². The Hall–Kier alpha value is 0.883. The maximum Gasteiger partial charge on any atom is 2.00 e. The van der Waals surface area contributed by atoms with Crippen molar-refractivity contribution in [3.63, 3.8) is 0 Å². The molecule has 10 radical (unpaired) electrons. The Balaban J connectivity index is 0.000000239. The van der Waals surface area contributed by atoms with E-state index < -0.39 is 0 Å². The third-order valence-corrected chi connectivity index (χ3v) is 2.93. The summed E-state index contributed by atoms with van der Waals surface area (Å²) in [6, 6.07) is 0. The van der Waals surface area contributed by atoms with E-state index in [2.05, 4.69) is 13.8 Å². The summed E-state index contributed by atoms with van der Waals surface area (Å²) in [6.07, 6.45) is 23.9. The van der Waals surface area contributed by atoms with Crippen LogP contribution in [0.15, 0.2) is 0 Å².